The van der Waals surface area contributed by atoms with Crippen molar-refractivity contribution in [2.75, 3.05) is 0 Å². The fourth-order valence-electron chi connectivity index (χ4n) is 2.72. The van der Waals surface area contributed by atoms with E-state index >= 15 is 0 Å². The second-order valence-electron chi connectivity index (χ2n) is 6.31. The monoisotopic (exact) mass is 408 g/mol. The molecule has 6 nitrogen and oxygen atoms in total. The lowest BCUT2D eigenvalue weighted by Crippen LogP contribution is -2.34. The number of sulfonamides is 1. The minimum Gasteiger partial charge on any atom is -0.480 e. The zero-order valence-corrected chi connectivity index (χ0v) is 16.3. The smallest absolute Gasteiger partial charge is 0.328 e. The lowest BCUT2D eigenvalue weighted by Gasteiger charge is -2.15. The van der Waals surface area contributed by atoms with Gasteiger partial charge in [0.25, 0.3) is 10.0 Å². The molecule has 2 N–H and O–H groups in total. The van der Waals surface area contributed by atoms with Crippen LogP contribution in [-0.4, -0.2) is 31.4 Å². The molecule has 1 atom stereocenters. The van der Waals surface area contributed by atoms with E-state index in [9.17, 15) is 18.3 Å². The van der Waals surface area contributed by atoms with Gasteiger partial charge < -0.3 is 5.11 Å². The summed E-state index contributed by atoms with van der Waals surface area (Å²) >= 11 is 0. The fourth-order valence-corrected chi connectivity index (χ4v) is 3.78. The first kappa shape index (κ1) is 20.3. The Bertz CT molecular complexity index is 1080. The molecule has 0 saturated carbocycles. The Morgan fingerprint density at radius 2 is 1.38 bits per heavy atom. The molecule has 29 heavy (non-hydrogen) atoms. The largest absolute Gasteiger partial charge is 0.480 e. The molecule has 0 fully saturated rings. The van der Waals surface area contributed by atoms with E-state index in [1.54, 1.807) is 48.5 Å². The summed E-state index contributed by atoms with van der Waals surface area (Å²) in [6.45, 7) is 0. The molecule has 7 heteroatoms. The van der Waals surface area contributed by atoms with Crippen molar-refractivity contribution in [1.29, 1.82) is 0 Å². The highest BCUT2D eigenvalue weighted by atomic mass is 32.2. The standard InChI is InChI=1S/C22H20N2O4S/c25-22(26)20(16-17-10-4-1-5-11-17)23-21(18-12-6-2-7-13-18)24-29(27,28)19-14-8-3-9-15-19/h1-15,20H,16H2,(H,23,24)(H,25,26)/t20-/m0/s1. The Kier molecular flexibility index (Phi) is 6.41. The number of carbonyl (C=O) groups is 1. The molecule has 148 valence electrons. The van der Waals surface area contributed by atoms with Crippen molar-refractivity contribution in [2.24, 2.45) is 4.99 Å². The van der Waals surface area contributed by atoms with E-state index in [0.29, 0.717) is 5.56 Å². The van der Waals surface area contributed by atoms with Crippen molar-refractivity contribution in [3.63, 3.8) is 0 Å². The SMILES string of the molecule is O=C(O)[C@H](Cc1ccccc1)N=C(NS(=O)(=O)c1ccccc1)c1ccccc1. The molecule has 0 radical (unpaired) electrons. The highest BCUT2D eigenvalue weighted by molar-refractivity contribution is 7.90. The topological polar surface area (TPSA) is 95.8 Å². The van der Waals surface area contributed by atoms with Crippen molar-refractivity contribution in [3.8, 4) is 0 Å². The van der Waals surface area contributed by atoms with Crippen LogP contribution in [0.3, 0.4) is 0 Å². The molecule has 3 rings (SSSR count). The van der Waals surface area contributed by atoms with Crippen LogP contribution in [0.4, 0.5) is 0 Å². The maximum atomic E-state index is 12.8. The summed E-state index contributed by atoms with van der Waals surface area (Å²) in [7, 11) is -3.93. The average molecular weight is 408 g/mol. The van der Waals surface area contributed by atoms with Crippen molar-refractivity contribution in [3.05, 3.63) is 102 Å². The number of hydrogen-bond acceptors (Lipinski definition) is 4. The van der Waals surface area contributed by atoms with Gasteiger partial charge in [-0.2, -0.15) is 0 Å². The van der Waals surface area contributed by atoms with E-state index < -0.39 is 22.0 Å². The van der Waals surface area contributed by atoms with Gasteiger partial charge in [0.1, 0.15) is 5.84 Å². The second-order valence-corrected chi connectivity index (χ2v) is 7.99. The van der Waals surface area contributed by atoms with Crippen LogP contribution in [0.2, 0.25) is 0 Å². The number of nitrogens with zero attached hydrogens (tertiary/aromatic N) is 1. The second kappa shape index (κ2) is 9.16. The Morgan fingerprint density at radius 1 is 0.862 bits per heavy atom. The van der Waals surface area contributed by atoms with Crippen LogP contribution in [0.15, 0.2) is 101 Å². The van der Waals surface area contributed by atoms with Crippen molar-refractivity contribution >= 4 is 21.8 Å². The molecule has 0 spiro atoms. The number of aliphatic imine (C=N–C) groups is 1. The first-order valence-electron chi connectivity index (χ1n) is 8.93. The zero-order valence-electron chi connectivity index (χ0n) is 15.5. The summed E-state index contributed by atoms with van der Waals surface area (Å²) in [5.74, 6) is -1.15. The molecule has 0 heterocycles. The Morgan fingerprint density at radius 3 is 1.93 bits per heavy atom. The fraction of sp³-hybridized carbons (Fsp3) is 0.0909. The Labute approximate surface area is 169 Å². The number of carboxylic acids is 1. The summed E-state index contributed by atoms with van der Waals surface area (Å²) in [6.07, 6.45) is 0.138. The molecule has 0 bridgehead atoms. The lowest BCUT2D eigenvalue weighted by molar-refractivity contribution is -0.138. The van der Waals surface area contributed by atoms with Crippen molar-refractivity contribution < 1.29 is 18.3 Å². The van der Waals surface area contributed by atoms with Crippen LogP contribution in [0.5, 0.6) is 0 Å². The summed E-state index contributed by atoms with van der Waals surface area (Å²) in [4.78, 5) is 16.2. The number of nitrogens with one attached hydrogen (secondary N) is 1. The van der Waals surface area contributed by atoms with Gasteiger partial charge in [0, 0.05) is 12.0 Å². The van der Waals surface area contributed by atoms with Gasteiger partial charge in [-0.1, -0.05) is 78.9 Å². The van der Waals surface area contributed by atoms with Crippen LogP contribution in [0.1, 0.15) is 11.1 Å². The summed E-state index contributed by atoms with van der Waals surface area (Å²) in [6, 6.07) is 24.4. The first-order chi connectivity index (χ1) is 14.0. The van der Waals surface area contributed by atoms with E-state index in [4.69, 9.17) is 0 Å². The predicted molar refractivity (Wildman–Crippen MR) is 111 cm³/mol. The van der Waals surface area contributed by atoms with Crippen molar-refractivity contribution in [2.45, 2.75) is 17.4 Å². The molecule has 0 aliphatic carbocycles. The van der Waals surface area contributed by atoms with Gasteiger partial charge in [0.15, 0.2) is 6.04 Å². The molecule has 3 aromatic rings. The number of hydrogen-bond donors (Lipinski definition) is 2. The van der Waals surface area contributed by atoms with E-state index in [-0.39, 0.29) is 17.2 Å². The van der Waals surface area contributed by atoms with Gasteiger partial charge in [-0.15, -0.1) is 0 Å². The molecular formula is C22H20N2O4S. The third-order valence-electron chi connectivity index (χ3n) is 4.17. The van der Waals surface area contributed by atoms with Gasteiger partial charge in [0.05, 0.1) is 4.90 Å². The van der Waals surface area contributed by atoms with Crippen LogP contribution < -0.4 is 4.72 Å². The number of amidine groups is 1. The van der Waals surface area contributed by atoms with Crippen molar-refractivity contribution in [1.82, 2.24) is 4.72 Å². The summed E-state index contributed by atoms with van der Waals surface area (Å²) in [5.41, 5.74) is 1.27. The highest BCUT2D eigenvalue weighted by Gasteiger charge is 2.22. The number of benzene rings is 3. The van der Waals surface area contributed by atoms with E-state index in [2.05, 4.69) is 9.71 Å². The highest BCUT2D eigenvalue weighted by Crippen LogP contribution is 2.12. The first-order valence-corrected chi connectivity index (χ1v) is 10.4. The Balaban J connectivity index is 1.99. The van der Waals surface area contributed by atoms with Gasteiger partial charge in [-0.05, 0) is 17.7 Å². The maximum absolute atomic E-state index is 12.8. The predicted octanol–water partition coefficient (Wildman–Crippen LogP) is 3.11. The van der Waals surface area contributed by atoms with Crippen LogP contribution >= 0.6 is 0 Å². The van der Waals surface area contributed by atoms with Gasteiger partial charge in [0.2, 0.25) is 0 Å². The number of aliphatic carboxylic acids is 1. The maximum Gasteiger partial charge on any atom is 0.328 e. The van der Waals surface area contributed by atoms with Gasteiger partial charge >= 0.3 is 5.97 Å². The van der Waals surface area contributed by atoms with Crippen LogP contribution in [0, 0.1) is 0 Å². The minimum atomic E-state index is -3.93. The van der Waals surface area contributed by atoms with Crippen LogP contribution in [-0.2, 0) is 21.2 Å². The summed E-state index contributed by atoms with van der Waals surface area (Å²) < 4.78 is 28.0. The number of carboxylic acid groups (broad SMARTS) is 1. The molecular weight excluding hydrogens is 388 g/mol. The quantitative estimate of drug-likeness (QED) is 0.464. The minimum absolute atomic E-state index is 0.0159. The molecule has 0 amide bonds. The van der Waals surface area contributed by atoms with Crippen LogP contribution in [0.25, 0.3) is 0 Å². The van der Waals surface area contributed by atoms with E-state index in [0.717, 1.165) is 5.56 Å². The molecule has 0 unspecified atom stereocenters. The number of rotatable bonds is 7. The van der Waals surface area contributed by atoms with Gasteiger partial charge in [-0.3, -0.25) is 9.71 Å². The molecule has 0 aliphatic rings. The van der Waals surface area contributed by atoms with Gasteiger partial charge in [-0.25, -0.2) is 13.2 Å². The molecule has 3 aromatic carbocycles. The normalized spacial score (nSPS) is 12.9. The Hall–Kier alpha value is -3.45. The molecule has 0 aromatic heterocycles. The van der Waals surface area contributed by atoms with E-state index in [1.807, 2.05) is 30.3 Å². The molecule has 0 saturated heterocycles. The average Bonchev–Trinajstić information content (AvgIpc) is 2.74. The third-order valence-corrected chi connectivity index (χ3v) is 5.53. The zero-order chi connectivity index (χ0) is 20.7. The molecule has 0 aliphatic heterocycles. The third kappa shape index (κ3) is 5.52. The van der Waals surface area contributed by atoms with E-state index in [1.165, 1.54) is 12.1 Å². The lowest BCUT2D eigenvalue weighted by atomic mass is 10.1. The summed E-state index contributed by atoms with van der Waals surface area (Å²) in [5, 5.41) is 9.66.